The van der Waals surface area contributed by atoms with Gasteiger partial charge in [0.15, 0.2) is 5.43 Å². The number of anilines is 1. The molecule has 7 nitrogen and oxygen atoms in total. The van der Waals surface area contributed by atoms with Crippen LogP contribution in [0, 0.1) is 0 Å². The Morgan fingerprint density at radius 1 is 1.14 bits per heavy atom. The lowest BCUT2D eigenvalue weighted by Gasteiger charge is -2.22. The molecule has 0 aliphatic carbocycles. The van der Waals surface area contributed by atoms with E-state index in [0.29, 0.717) is 34.0 Å². The van der Waals surface area contributed by atoms with E-state index < -0.39 is 11.9 Å². The molecule has 8 heteroatoms. The van der Waals surface area contributed by atoms with Gasteiger partial charge in [0.1, 0.15) is 16.8 Å². The van der Waals surface area contributed by atoms with Crippen molar-refractivity contribution in [3.8, 4) is 5.75 Å². The van der Waals surface area contributed by atoms with Crippen molar-refractivity contribution < 1.29 is 13.9 Å². The smallest absolute Gasteiger partial charge is 0.297 e. The maximum absolute atomic E-state index is 13.3. The average Bonchev–Trinajstić information content (AvgIpc) is 3.36. The number of carbonyl (C=O) groups excluding carboxylic acids is 1. The third kappa shape index (κ3) is 2.72. The standard InChI is InChI=1S/C21H15N3O4S/c1-2-27-13-9-7-12(8-10-13)17-16-18(25)14-5-3-4-6-15(14)28-19(16)20(26)24(17)21-23-22-11-29-21/h3-11,17H,2H2,1H3/t17-/m1/s1. The van der Waals surface area contributed by atoms with Crippen LogP contribution in [0.25, 0.3) is 11.0 Å². The Morgan fingerprint density at radius 2 is 1.93 bits per heavy atom. The predicted molar refractivity (Wildman–Crippen MR) is 109 cm³/mol. The second-order valence-corrected chi connectivity index (χ2v) is 7.28. The zero-order valence-corrected chi connectivity index (χ0v) is 16.2. The molecule has 1 aliphatic rings. The number of para-hydroxylation sites is 1. The minimum Gasteiger partial charge on any atom is -0.494 e. The molecule has 0 unspecified atom stereocenters. The number of carbonyl (C=O) groups is 1. The van der Waals surface area contributed by atoms with Gasteiger partial charge in [0.2, 0.25) is 10.9 Å². The van der Waals surface area contributed by atoms with E-state index >= 15 is 0 Å². The molecular formula is C21H15N3O4S. The summed E-state index contributed by atoms with van der Waals surface area (Å²) in [6, 6.07) is 13.6. The van der Waals surface area contributed by atoms with Gasteiger partial charge in [-0.25, -0.2) is 0 Å². The van der Waals surface area contributed by atoms with Gasteiger partial charge in [-0.05, 0) is 36.8 Å². The number of rotatable bonds is 4. The molecule has 144 valence electrons. The minimum atomic E-state index is -0.651. The molecule has 1 atom stereocenters. The van der Waals surface area contributed by atoms with Crippen molar-refractivity contribution in [2.24, 2.45) is 0 Å². The Hall–Kier alpha value is -3.52. The second kappa shape index (κ2) is 6.82. The third-order valence-electron chi connectivity index (χ3n) is 4.84. The molecule has 1 amide bonds. The van der Waals surface area contributed by atoms with E-state index in [2.05, 4.69) is 10.2 Å². The highest BCUT2D eigenvalue weighted by Crippen LogP contribution is 2.41. The largest absolute Gasteiger partial charge is 0.494 e. The number of amides is 1. The van der Waals surface area contributed by atoms with Crippen molar-refractivity contribution in [3.05, 3.63) is 81.2 Å². The van der Waals surface area contributed by atoms with Crippen molar-refractivity contribution >= 4 is 33.3 Å². The van der Waals surface area contributed by atoms with Crippen molar-refractivity contribution in [1.82, 2.24) is 10.2 Å². The number of fused-ring (bicyclic) bond motifs is 2. The van der Waals surface area contributed by atoms with Crippen molar-refractivity contribution in [2.45, 2.75) is 13.0 Å². The molecule has 0 saturated carbocycles. The zero-order valence-electron chi connectivity index (χ0n) is 15.4. The van der Waals surface area contributed by atoms with E-state index in [1.54, 1.807) is 29.8 Å². The molecule has 1 aliphatic heterocycles. The van der Waals surface area contributed by atoms with Crippen molar-refractivity contribution in [2.75, 3.05) is 11.5 Å². The van der Waals surface area contributed by atoms with Crippen molar-refractivity contribution in [1.29, 1.82) is 0 Å². The summed E-state index contributed by atoms with van der Waals surface area (Å²) < 4.78 is 11.4. The predicted octanol–water partition coefficient (Wildman–Crippen LogP) is 3.79. The first-order valence-electron chi connectivity index (χ1n) is 9.07. The average molecular weight is 405 g/mol. The molecular weight excluding hydrogens is 390 g/mol. The molecule has 0 radical (unpaired) electrons. The van der Waals surface area contributed by atoms with Crippen LogP contribution in [-0.2, 0) is 0 Å². The number of nitrogens with zero attached hydrogens (tertiary/aromatic N) is 3. The van der Waals surface area contributed by atoms with Crippen LogP contribution in [0.2, 0.25) is 0 Å². The number of ether oxygens (including phenoxy) is 1. The summed E-state index contributed by atoms with van der Waals surface area (Å²) in [5, 5.41) is 8.76. The van der Waals surface area contributed by atoms with Crippen LogP contribution < -0.4 is 15.1 Å². The molecule has 2 aromatic heterocycles. The quantitative estimate of drug-likeness (QED) is 0.513. The fourth-order valence-corrected chi connectivity index (χ4v) is 4.20. The molecule has 0 N–H and O–H groups in total. The number of hydrogen-bond donors (Lipinski definition) is 0. The molecule has 5 rings (SSSR count). The maximum Gasteiger partial charge on any atom is 0.297 e. The molecule has 2 aromatic carbocycles. The van der Waals surface area contributed by atoms with Crippen LogP contribution in [0.1, 0.15) is 34.6 Å². The van der Waals surface area contributed by atoms with Crippen LogP contribution in [0.5, 0.6) is 5.75 Å². The van der Waals surface area contributed by atoms with Gasteiger partial charge in [-0.2, -0.15) is 0 Å². The van der Waals surface area contributed by atoms with E-state index in [1.807, 2.05) is 31.2 Å². The third-order valence-corrected chi connectivity index (χ3v) is 5.53. The summed E-state index contributed by atoms with van der Waals surface area (Å²) in [6.07, 6.45) is 0. The maximum atomic E-state index is 13.3. The van der Waals surface area contributed by atoms with E-state index in [4.69, 9.17) is 9.15 Å². The lowest BCUT2D eigenvalue weighted by molar-refractivity contribution is 0.0970. The van der Waals surface area contributed by atoms with Gasteiger partial charge < -0.3 is 9.15 Å². The van der Waals surface area contributed by atoms with Gasteiger partial charge in [-0.1, -0.05) is 35.6 Å². The summed E-state index contributed by atoms with van der Waals surface area (Å²) in [4.78, 5) is 28.1. The molecule has 0 fully saturated rings. The Bertz CT molecular complexity index is 1270. The van der Waals surface area contributed by atoms with E-state index in [9.17, 15) is 9.59 Å². The summed E-state index contributed by atoms with van der Waals surface area (Å²) in [7, 11) is 0. The van der Waals surface area contributed by atoms with Gasteiger partial charge in [-0.15, -0.1) is 10.2 Å². The van der Waals surface area contributed by atoms with Crippen LogP contribution in [0.3, 0.4) is 0 Å². The topological polar surface area (TPSA) is 85.5 Å². The van der Waals surface area contributed by atoms with Gasteiger partial charge in [0.25, 0.3) is 5.91 Å². The number of aromatic nitrogens is 2. The van der Waals surface area contributed by atoms with Gasteiger partial charge in [-0.3, -0.25) is 14.5 Å². The first-order valence-corrected chi connectivity index (χ1v) is 9.95. The SMILES string of the molecule is CCOc1ccc([C@@H]2c3c(oc4ccccc4c3=O)C(=O)N2c2nncs2)cc1. The Morgan fingerprint density at radius 3 is 2.66 bits per heavy atom. The fourth-order valence-electron chi connectivity index (χ4n) is 3.62. The highest BCUT2D eigenvalue weighted by Gasteiger charge is 2.44. The van der Waals surface area contributed by atoms with Gasteiger partial charge in [0.05, 0.1) is 23.6 Å². The summed E-state index contributed by atoms with van der Waals surface area (Å²) in [5.41, 5.74) is 2.79. The lowest BCUT2D eigenvalue weighted by Crippen LogP contribution is -2.29. The number of hydrogen-bond acceptors (Lipinski definition) is 7. The molecule has 29 heavy (non-hydrogen) atoms. The molecule has 0 bridgehead atoms. The number of benzene rings is 2. The summed E-state index contributed by atoms with van der Waals surface area (Å²) >= 11 is 1.23. The van der Waals surface area contributed by atoms with Crippen LogP contribution in [0.15, 0.2) is 63.3 Å². The summed E-state index contributed by atoms with van der Waals surface area (Å²) in [5.74, 6) is 0.357. The highest BCUT2D eigenvalue weighted by atomic mass is 32.1. The van der Waals surface area contributed by atoms with Crippen LogP contribution in [-0.4, -0.2) is 22.7 Å². The lowest BCUT2D eigenvalue weighted by atomic mass is 9.98. The Labute approximate surface area is 169 Å². The Kier molecular flexibility index (Phi) is 4.13. The first-order chi connectivity index (χ1) is 14.2. The van der Waals surface area contributed by atoms with Crippen LogP contribution in [0.4, 0.5) is 5.13 Å². The second-order valence-electron chi connectivity index (χ2n) is 6.47. The summed E-state index contributed by atoms with van der Waals surface area (Å²) in [6.45, 7) is 2.46. The monoisotopic (exact) mass is 405 g/mol. The van der Waals surface area contributed by atoms with E-state index in [1.165, 1.54) is 16.2 Å². The van der Waals surface area contributed by atoms with E-state index in [0.717, 1.165) is 5.56 Å². The minimum absolute atomic E-state index is 0.0442. The molecule has 4 aromatic rings. The molecule has 3 heterocycles. The van der Waals surface area contributed by atoms with E-state index in [-0.39, 0.29) is 11.2 Å². The highest BCUT2D eigenvalue weighted by molar-refractivity contribution is 7.13. The zero-order chi connectivity index (χ0) is 20.0. The molecule has 0 spiro atoms. The normalized spacial score (nSPS) is 15.7. The van der Waals surface area contributed by atoms with Crippen LogP contribution >= 0.6 is 11.3 Å². The first kappa shape index (κ1) is 17.6. The van der Waals surface area contributed by atoms with Gasteiger partial charge in [0, 0.05) is 0 Å². The fraction of sp³-hybridized carbons (Fsp3) is 0.143. The molecule has 0 saturated heterocycles. The van der Waals surface area contributed by atoms with Gasteiger partial charge >= 0.3 is 0 Å². The Balaban J connectivity index is 1.75. The van der Waals surface area contributed by atoms with Crippen molar-refractivity contribution in [3.63, 3.8) is 0 Å².